The summed E-state index contributed by atoms with van der Waals surface area (Å²) >= 11 is 3.03. The predicted molar refractivity (Wildman–Crippen MR) is 72.2 cm³/mol. The highest BCUT2D eigenvalue weighted by atomic mass is 79.9. The monoisotopic (exact) mass is 369 g/mol. The van der Waals surface area contributed by atoms with Crippen molar-refractivity contribution in [2.45, 2.75) is 17.7 Å². The molecule has 1 saturated carbocycles. The highest BCUT2D eigenvalue weighted by Gasteiger charge is 2.24. The van der Waals surface area contributed by atoms with Crippen LogP contribution in [0.3, 0.4) is 0 Å². The number of hydrogen-bond acceptors (Lipinski definition) is 3. The summed E-state index contributed by atoms with van der Waals surface area (Å²) in [5.41, 5.74) is 0.0428. The first-order valence-corrected chi connectivity index (χ1v) is 8.61. The highest BCUT2D eigenvalue weighted by Crippen LogP contribution is 2.29. The van der Waals surface area contributed by atoms with E-state index in [0.29, 0.717) is 12.5 Å². The minimum absolute atomic E-state index is 0.0428. The van der Waals surface area contributed by atoms with Crippen molar-refractivity contribution in [3.05, 3.63) is 28.0 Å². The van der Waals surface area contributed by atoms with Crippen LogP contribution in [0.2, 0.25) is 0 Å². The molecule has 0 atom stereocenters. The van der Waals surface area contributed by atoms with Crippen LogP contribution < -0.4 is 5.32 Å². The highest BCUT2D eigenvalue weighted by molar-refractivity contribution is 9.10. The molecule has 0 bridgehead atoms. The maximum Gasteiger partial charge on any atom is 0.264 e. The average molecular weight is 371 g/mol. The fourth-order valence-corrected chi connectivity index (χ4v) is 2.94. The van der Waals surface area contributed by atoms with E-state index in [1.165, 1.54) is 0 Å². The van der Waals surface area contributed by atoms with Gasteiger partial charge in [-0.2, -0.15) is 0 Å². The quantitative estimate of drug-likeness (QED) is 0.829. The normalized spacial score (nSPS) is 15.3. The molecular formula is C11H10BrClFNO3S. The average Bonchev–Trinajstić information content (AvgIpc) is 3.07. The molecular weight excluding hydrogens is 361 g/mol. The lowest BCUT2D eigenvalue weighted by Crippen LogP contribution is -2.26. The van der Waals surface area contributed by atoms with Gasteiger partial charge in [0.2, 0.25) is 0 Å². The van der Waals surface area contributed by atoms with Crippen LogP contribution in [0.1, 0.15) is 23.2 Å². The van der Waals surface area contributed by atoms with E-state index in [9.17, 15) is 17.6 Å². The second kappa shape index (κ2) is 5.38. The third kappa shape index (κ3) is 3.67. The molecule has 1 aliphatic rings. The Morgan fingerprint density at radius 3 is 2.63 bits per heavy atom. The molecule has 0 radical (unpaired) electrons. The van der Waals surface area contributed by atoms with Gasteiger partial charge in [-0.05, 0) is 46.8 Å². The first-order chi connectivity index (χ1) is 8.79. The van der Waals surface area contributed by atoms with Crippen LogP contribution >= 0.6 is 26.6 Å². The van der Waals surface area contributed by atoms with Crippen LogP contribution in [0.4, 0.5) is 4.39 Å². The Balaban J connectivity index is 2.30. The Morgan fingerprint density at radius 2 is 2.11 bits per heavy atom. The Labute approximate surface area is 122 Å². The number of nitrogens with one attached hydrogen (secondary N) is 1. The van der Waals surface area contributed by atoms with Gasteiger partial charge in [-0.25, -0.2) is 12.8 Å². The summed E-state index contributed by atoms with van der Waals surface area (Å²) in [6.07, 6.45) is 2.15. The number of carbonyl (C=O) groups excluding carboxylic acids is 1. The Bertz CT molecular complexity index is 631. The molecule has 1 fully saturated rings. The molecule has 104 valence electrons. The molecule has 1 aromatic carbocycles. The predicted octanol–water partition coefficient (Wildman–Crippen LogP) is 2.66. The summed E-state index contributed by atoms with van der Waals surface area (Å²) in [7, 11) is 0.887. The van der Waals surface area contributed by atoms with E-state index in [2.05, 4.69) is 21.2 Å². The third-order valence-corrected chi connectivity index (χ3v) is 4.77. The molecule has 1 amide bonds. The number of carbonyl (C=O) groups is 1. The van der Waals surface area contributed by atoms with Crippen LogP contribution in [0.5, 0.6) is 0 Å². The number of amides is 1. The summed E-state index contributed by atoms with van der Waals surface area (Å²) < 4.78 is 36.1. The lowest BCUT2D eigenvalue weighted by molar-refractivity contribution is 0.0950. The van der Waals surface area contributed by atoms with Gasteiger partial charge in [0.25, 0.3) is 15.0 Å². The van der Waals surface area contributed by atoms with Crippen molar-refractivity contribution in [2.75, 3.05) is 6.54 Å². The van der Waals surface area contributed by atoms with E-state index in [4.69, 9.17) is 10.7 Å². The van der Waals surface area contributed by atoms with Crippen LogP contribution in [0, 0.1) is 11.7 Å². The van der Waals surface area contributed by atoms with E-state index in [1.807, 2.05) is 0 Å². The topological polar surface area (TPSA) is 63.2 Å². The van der Waals surface area contributed by atoms with Crippen LogP contribution in [-0.4, -0.2) is 20.9 Å². The Hall–Kier alpha value is -0.660. The Kier molecular flexibility index (Phi) is 4.17. The lowest BCUT2D eigenvalue weighted by atomic mass is 10.2. The first kappa shape index (κ1) is 14.7. The van der Waals surface area contributed by atoms with Gasteiger partial charge < -0.3 is 5.32 Å². The minimum atomic E-state index is -4.23. The molecule has 1 N–H and O–H groups in total. The van der Waals surface area contributed by atoms with Crippen LogP contribution in [-0.2, 0) is 9.05 Å². The minimum Gasteiger partial charge on any atom is -0.352 e. The summed E-state index contributed by atoms with van der Waals surface area (Å²) in [5.74, 6) is -0.972. The maximum absolute atomic E-state index is 13.5. The van der Waals surface area contributed by atoms with Crippen molar-refractivity contribution in [3.63, 3.8) is 0 Å². The second-order valence-electron chi connectivity index (χ2n) is 4.35. The second-order valence-corrected chi connectivity index (χ2v) is 7.74. The zero-order chi connectivity index (χ0) is 14.2. The number of halogens is 3. The van der Waals surface area contributed by atoms with E-state index >= 15 is 0 Å². The number of rotatable bonds is 4. The molecule has 1 aliphatic carbocycles. The van der Waals surface area contributed by atoms with E-state index < -0.39 is 25.7 Å². The Morgan fingerprint density at radius 1 is 1.47 bits per heavy atom. The van der Waals surface area contributed by atoms with Crippen molar-refractivity contribution >= 4 is 41.6 Å². The third-order valence-electron chi connectivity index (χ3n) is 2.78. The van der Waals surface area contributed by atoms with Gasteiger partial charge in [0.15, 0.2) is 0 Å². The molecule has 19 heavy (non-hydrogen) atoms. The SMILES string of the molecule is O=C(NCC1CC1)c1cc(S(=O)(=O)Cl)c(F)cc1Br. The van der Waals surface area contributed by atoms with Crippen molar-refractivity contribution in [2.24, 2.45) is 5.92 Å². The van der Waals surface area contributed by atoms with Gasteiger partial charge in [-0.3, -0.25) is 4.79 Å². The van der Waals surface area contributed by atoms with Crippen LogP contribution in [0.15, 0.2) is 21.5 Å². The van der Waals surface area contributed by atoms with Gasteiger partial charge in [-0.15, -0.1) is 0 Å². The number of hydrogen-bond donors (Lipinski definition) is 1. The maximum atomic E-state index is 13.5. The summed E-state index contributed by atoms with van der Waals surface area (Å²) in [6, 6.07) is 1.85. The number of benzene rings is 1. The van der Waals surface area contributed by atoms with Gasteiger partial charge in [0.1, 0.15) is 10.7 Å². The van der Waals surface area contributed by atoms with Crippen molar-refractivity contribution in [1.29, 1.82) is 0 Å². The smallest absolute Gasteiger partial charge is 0.264 e. The largest absolute Gasteiger partial charge is 0.352 e. The van der Waals surface area contributed by atoms with Crippen molar-refractivity contribution in [1.82, 2.24) is 5.32 Å². The van der Waals surface area contributed by atoms with E-state index in [0.717, 1.165) is 25.0 Å². The van der Waals surface area contributed by atoms with Gasteiger partial charge in [-0.1, -0.05) is 0 Å². The fourth-order valence-electron chi connectivity index (χ4n) is 1.54. The van der Waals surface area contributed by atoms with Gasteiger partial charge in [0, 0.05) is 21.7 Å². The van der Waals surface area contributed by atoms with Crippen molar-refractivity contribution in [3.8, 4) is 0 Å². The van der Waals surface area contributed by atoms with E-state index in [1.54, 1.807) is 0 Å². The summed E-state index contributed by atoms with van der Waals surface area (Å²) in [6.45, 7) is 0.533. The molecule has 4 nitrogen and oxygen atoms in total. The zero-order valence-electron chi connectivity index (χ0n) is 9.62. The zero-order valence-corrected chi connectivity index (χ0v) is 12.8. The summed E-state index contributed by atoms with van der Waals surface area (Å²) in [4.78, 5) is 11.2. The molecule has 0 aromatic heterocycles. The molecule has 0 spiro atoms. The summed E-state index contributed by atoms with van der Waals surface area (Å²) in [5, 5.41) is 2.67. The first-order valence-electron chi connectivity index (χ1n) is 5.51. The van der Waals surface area contributed by atoms with Gasteiger partial charge >= 0.3 is 0 Å². The lowest BCUT2D eigenvalue weighted by Gasteiger charge is -2.08. The molecule has 8 heteroatoms. The van der Waals surface area contributed by atoms with E-state index in [-0.39, 0.29) is 10.0 Å². The van der Waals surface area contributed by atoms with Gasteiger partial charge in [0.05, 0.1) is 5.56 Å². The molecule has 2 rings (SSSR count). The van der Waals surface area contributed by atoms with Crippen molar-refractivity contribution < 1.29 is 17.6 Å². The molecule has 0 heterocycles. The molecule has 0 saturated heterocycles. The fraction of sp³-hybridized carbons (Fsp3) is 0.364. The molecule has 0 aliphatic heterocycles. The molecule has 1 aromatic rings. The molecule has 0 unspecified atom stereocenters. The standard InChI is InChI=1S/C11H10BrClFNO3S/c12-8-4-9(14)10(19(13,17)18)3-7(8)11(16)15-5-6-1-2-6/h3-4,6H,1-2,5H2,(H,15,16). The van der Waals surface area contributed by atoms with Crippen LogP contribution in [0.25, 0.3) is 0 Å².